The second kappa shape index (κ2) is 7.41. The van der Waals surface area contributed by atoms with Crippen molar-refractivity contribution in [1.29, 1.82) is 0 Å². The Morgan fingerprint density at radius 1 is 1.11 bits per heavy atom. The highest BCUT2D eigenvalue weighted by atomic mass is 16.5. The van der Waals surface area contributed by atoms with Crippen LogP contribution in [-0.4, -0.2) is 28.1 Å². The van der Waals surface area contributed by atoms with Crippen molar-refractivity contribution in [3.63, 3.8) is 0 Å². The van der Waals surface area contributed by atoms with Crippen molar-refractivity contribution < 1.29 is 9.84 Å². The van der Waals surface area contributed by atoms with E-state index in [0.717, 1.165) is 36.5 Å². The lowest BCUT2D eigenvalue weighted by atomic mass is 10.0. The number of phenolic OH excluding ortho intramolecular Hbond substituents is 1. The van der Waals surface area contributed by atoms with Crippen molar-refractivity contribution in [2.45, 2.75) is 26.9 Å². The maximum atomic E-state index is 10.5. The van der Waals surface area contributed by atoms with Crippen molar-refractivity contribution in [3.8, 4) is 22.8 Å². The molecule has 27 heavy (non-hydrogen) atoms. The number of benzene rings is 2. The van der Waals surface area contributed by atoms with Gasteiger partial charge in [0, 0.05) is 37.0 Å². The number of aromatic nitrogens is 1. The van der Waals surface area contributed by atoms with Crippen LogP contribution in [0.3, 0.4) is 0 Å². The van der Waals surface area contributed by atoms with Gasteiger partial charge in [0.1, 0.15) is 6.61 Å². The Bertz CT molecular complexity index is 954. The van der Waals surface area contributed by atoms with Crippen LogP contribution >= 0.6 is 0 Å². The van der Waals surface area contributed by atoms with Crippen molar-refractivity contribution >= 4 is 0 Å². The van der Waals surface area contributed by atoms with Gasteiger partial charge in [0.2, 0.25) is 0 Å². The number of aromatic hydroxyl groups is 1. The third-order valence-electron chi connectivity index (χ3n) is 5.05. The molecule has 0 unspecified atom stereocenters. The van der Waals surface area contributed by atoms with E-state index in [9.17, 15) is 5.11 Å². The summed E-state index contributed by atoms with van der Waals surface area (Å²) in [6, 6.07) is 16.2. The zero-order chi connectivity index (χ0) is 18.8. The predicted octanol–water partition coefficient (Wildman–Crippen LogP) is 4.47. The third kappa shape index (κ3) is 3.81. The fourth-order valence-corrected chi connectivity index (χ4v) is 3.58. The van der Waals surface area contributed by atoms with E-state index in [1.54, 1.807) is 12.3 Å². The third-order valence-corrected chi connectivity index (χ3v) is 5.05. The molecule has 4 heteroatoms. The molecular weight excluding hydrogens is 336 g/mol. The first-order valence-corrected chi connectivity index (χ1v) is 9.29. The average Bonchev–Trinajstić information content (AvgIpc) is 2.87. The van der Waals surface area contributed by atoms with Gasteiger partial charge in [-0.2, -0.15) is 0 Å². The highest BCUT2D eigenvalue weighted by Gasteiger charge is 2.20. The molecule has 3 aromatic rings. The molecule has 138 valence electrons. The summed E-state index contributed by atoms with van der Waals surface area (Å²) >= 11 is 0. The Hall–Kier alpha value is -2.85. The number of fused-ring (bicyclic) bond motifs is 1. The molecule has 2 aromatic carbocycles. The Kier molecular flexibility index (Phi) is 4.82. The number of rotatable bonds is 3. The molecule has 1 aromatic heterocycles. The Balaban J connectivity index is 1.65. The molecule has 1 aliphatic rings. The second-order valence-corrected chi connectivity index (χ2v) is 7.19. The summed E-state index contributed by atoms with van der Waals surface area (Å²) < 4.78 is 5.88. The van der Waals surface area contributed by atoms with E-state index in [1.807, 2.05) is 18.2 Å². The number of hydrogen-bond acceptors (Lipinski definition) is 4. The molecule has 0 spiro atoms. The van der Waals surface area contributed by atoms with E-state index < -0.39 is 0 Å². The number of phenols is 1. The summed E-state index contributed by atoms with van der Waals surface area (Å²) in [5, 5.41) is 10.5. The lowest BCUT2D eigenvalue weighted by Crippen LogP contribution is -2.25. The highest BCUT2D eigenvalue weighted by molar-refractivity contribution is 5.66. The molecule has 0 fully saturated rings. The molecule has 0 amide bonds. The Labute approximate surface area is 160 Å². The van der Waals surface area contributed by atoms with Gasteiger partial charge in [0.15, 0.2) is 11.5 Å². The largest absolute Gasteiger partial charge is 0.504 e. The number of hydrogen-bond donors (Lipinski definition) is 1. The van der Waals surface area contributed by atoms with E-state index in [-0.39, 0.29) is 5.75 Å². The van der Waals surface area contributed by atoms with E-state index in [1.165, 1.54) is 16.7 Å². The van der Waals surface area contributed by atoms with Crippen molar-refractivity contribution in [1.82, 2.24) is 9.88 Å². The van der Waals surface area contributed by atoms with Gasteiger partial charge in [-0.05, 0) is 49.2 Å². The van der Waals surface area contributed by atoms with Crippen LogP contribution in [0.15, 0.2) is 54.7 Å². The van der Waals surface area contributed by atoms with Crippen LogP contribution < -0.4 is 4.74 Å². The average molecular weight is 360 g/mol. The van der Waals surface area contributed by atoms with E-state index >= 15 is 0 Å². The van der Waals surface area contributed by atoms with Gasteiger partial charge in [-0.1, -0.05) is 29.8 Å². The lowest BCUT2D eigenvalue weighted by Gasteiger charge is -2.21. The minimum absolute atomic E-state index is 0.182. The van der Waals surface area contributed by atoms with E-state index in [0.29, 0.717) is 12.4 Å². The van der Waals surface area contributed by atoms with Gasteiger partial charge in [0.05, 0.1) is 5.69 Å². The molecule has 0 atom stereocenters. The van der Waals surface area contributed by atoms with Crippen molar-refractivity contribution in [3.05, 3.63) is 77.0 Å². The molecular formula is C23H24N2O2. The van der Waals surface area contributed by atoms with Crippen LogP contribution in [0, 0.1) is 13.8 Å². The number of nitrogens with zero attached hydrogens (tertiary/aromatic N) is 2. The van der Waals surface area contributed by atoms with Crippen LogP contribution in [0.25, 0.3) is 11.3 Å². The molecule has 1 aliphatic heterocycles. The summed E-state index contributed by atoms with van der Waals surface area (Å²) in [4.78, 5) is 6.78. The molecule has 0 saturated heterocycles. The monoisotopic (exact) mass is 360 g/mol. The standard InChI is InChI=1S/C23H24N2O2/c1-16-6-7-17(2)19(11-16)14-25-9-10-27-23-20(15-25)12-18(13-22(23)26)21-5-3-4-8-24-21/h3-8,11-13,26H,9-10,14-15H2,1-2H3. The SMILES string of the molecule is Cc1ccc(C)c(CN2CCOc3c(O)cc(-c4ccccn4)cc3C2)c1. The first kappa shape index (κ1) is 17.6. The zero-order valence-corrected chi connectivity index (χ0v) is 15.8. The molecule has 2 heterocycles. The van der Waals surface area contributed by atoms with Crippen LogP contribution in [0.1, 0.15) is 22.3 Å². The minimum Gasteiger partial charge on any atom is -0.504 e. The summed E-state index contributed by atoms with van der Waals surface area (Å²) in [5.41, 5.74) is 6.67. The quantitative estimate of drug-likeness (QED) is 0.749. The van der Waals surface area contributed by atoms with Gasteiger partial charge in [-0.25, -0.2) is 0 Å². The highest BCUT2D eigenvalue weighted by Crippen LogP contribution is 2.37. The summed E-state index contributed by atoms with van der Waals surface area (Å²) in [6.45, 7) is 7.26. The maximum absolute atomic E-state index is 10.5. The number of ether oxygens (including phenoxy) is 1. The summed E-state index contributed by atoms with van der Waals surface area (Å²) in [5.74, 6) is 0.778. The van der Waals surface area contributed by atoms with Crippen molar-refractivity contribution in [2.24, 2.45) is 0 Å². The second-order valence-electron chi connectivity index (χ2n) is 7.19. The van der Waals surface area contributed by atoms with Gasteiger partial charge >= 0.3 is 0 Å². The van der Waals surface area contributed by atoms with Crippen LogP contribution in [0.5, 0.6) is 11.5 Å². The molecule has 4 rings (SSSR count). The fraction of sp³-hybridized carbons (Fsp3) is 0.261. The zero-order valence-electron chi connectivity index (χ0n) is 15.8. The van der Waals surface area contributed by atoms with Gasteiger partial charge in [0.25, 0.3) is 0 Å². The number of pyridine rings is 1. The predicted molar refractivity (Wildman–Crippen MR) is 107 cm³/mol. The first-order chi connectivity index (χ1) is 13.1. The molecule has 4 nitrogen and oxygen atoms in total. The van der Waals surface area contributed by atoms with Gasteiger partial charge < -0.3 is 9.84 Å². The van der Waals surface area contributed by atoms with E-state index in [2.05, 4.69) is 48.0 Å². The topological polar surface area (TPSA) is 45.6 Å². The number of aryl methyl sites for hydroxylation is 2. The molecule has 0 bridgehead atoms. The minimum atomic E-state index is 0.182. The van der Waals surface area contributed by atoms with Crippen molar-refractivity contribution in [2.75, 3.05) is 13.2 Å². The molecule has 0 aliphatic carbocycles. The van der Waals surface area contributed by atoms with Gasteiger partial charge in [-0.15, -0.1) is 0 Å². The normalized spacial score (nSPS) is 14.3. The van der Waals surface area contributed by atoms with Gasteiger partial charge in [-0.3, -0.25) is 9.88 Å². The smallest absolute Gasteiger partial charge is 0.165 e. The maximum Gasteiger partial charge on any atom is 0.165 e. The first-order valence-electron chi connectivity index (χ1n) is 9.29. The van der Waals surface area contributed by atoms with E-state index in [4.69, 9.17) is 4.74 Å². The summed E-state index contributed by atoms with van der Waals surface area (Å²) in [6.07, 6.45) is 1.77. The Morgan fingerprint density at radius 2 is 2.00 bits per heavy atom. The lowest BCUT2D eigenvalue weighted by molar-refractivity contribution is 0.217. The molecule has 0 radical (unpaired) electrons. The van der Waals surface area contributed by atoms with Crippen LogP contribution in [0.4, 0.5) is 0 Å². The summed E-state index contributed by atoms with van der Waals surface area (Å²) in [7, 11) is 0. The molecule has 1 N–H and O–H groups in total. The van der Waals surface area contributed by atoms with Crippen LogP contribution in [-0.2, 0) is 13.1 Å². The molecule has 0 saturated carbocycles. The Morgan fingerprint density at radius 3 is 2.81 bits per heavy atom. The van der Waals surface area contributed by atoms with Crippen LogP contribution in [0.2, 0.25) is 0 Å². The fourth-order valence-electron chi connectivity index (χ4n) is 3.58.